The summed E-state index contributed by atoms with van der Waals surface area (Å²) in [5, 5.41) is 5.23. The second kappa shape index (κ2) is 7.70. The van der Waals surface area contributed by atoms with E-state index in [9.17, 15) is 4.39 Å². The third kappa shape index (κ3) is 3.50. The van der Waals surface area contributed by atoms with Crippen molar-refractivity contribution in [3.63, 3.8) is 0 Å². The Balaban J connectivity index is 1.29. The number of anilines is 1. The molecule has 2 saturated carbocycles. The van der Waals surface area contributed by atoms with E-state index >= 15 is 0 Å². The van der Waals surface area contributed by atoms with Gasteiger partial charge in [0.05, 0.1) is 5.52 Å². The van der Waals surface area contributed by atoms with Gasteiger partial charge in [0.2, 0.25) is 0 Å². The highest BCUT2D eigenvalue weighted by Crippen LogP contribution is 2.60. The van der Waals surface area contributed by atoms with Gasteiger partial charge in [-0.1, -0.05) is 18.2 Å². The molecule has 2 nitrogen and oxygen atoms in total. The molecule has 2 fully saturated rings. The average Bonchev–Trinajstić information content (AvgIpc) is 2.74. The van der Waals surface area contributed by atoms with E-state index in [0.717, 1.165) is 40.2 Å². The number of hydrogen-bond acceptors (Lipinski definition) is 2. The van der Waals surface area contributed by atoms with Crippen LogP contribution in [-0.4, -0.2) is 4.98 Å². The van der Waals surface area contributed by atoms with Gasteiger partial charge >= 0.3 is 0 Å². The molecule has 2 aliphatic carbocycles. The summed E-state index contributed by atoms with van der Waals surface area (Å²) in [5.74, 6) is 0.801. The number of pyridine rings is 1. The van der Waals surface area contributed by atoms with Gasteiger partial charge in [0.1, 0.15) is 5.82 Å². The molecule has 1 unspecified atom stereocenters. The molecule has 2 aromatic carbocycles. The van der Waals surface area contributed by atoms with Gasteiger partial charge in [0.15, 0.2) is 0 Å². The molecule has 5 rings (SSSR count). The first-order chi connectivity index (χ1) is 14.5. The first kappa shape index (κ1) is 19.6. The van der Waals surface area contributed by atoms with Crippen molar-refractivity contribution in [3.8, 4) is 0 Å². The standard InChI is InChI=1S/C26H26ClFN2/c1-17(30-21-5-2-19(27)3-6-21)24-10-14-26(24)12-8-18(9-13-26)22-11-15-29-25-7-4-20(28)16-23(22)25/h2-7,11,15-16,18,24,30H,1,8-10,12-14H2. The zero-order chi connectivity index (χ0) is 20.7. The van der Waals surface area contributed by atoms with E-state index in [1.807, 2.05) is 30.5 Å². The summed E-state index contributed by atoms with van der Waals surface area (Å²) in [6.07, 6.45) is 9.02. The van der Waals surface area contributed by atoms with Crippen molar-refractivity contribution in [1.29, 1.82) is 0 Å². The van der Waals surface area contributed by atoms with Crippen molar-refractivity contribution >= 4 is 28.2 Å². The molecular weight excluding hydrogens is 395 g/mol. The van der Waals surface area contributed by atoms with E-state index in [2.05, 4.69) is 22.9 Å². The highest BCUT2D eigenvalue weighted by Gasteiger charge is 2.49. The maximum atomic E-state index is 13.9. The lowest BCUT2D eigenvalue weighted by atomic mass is 9.51. The molecule has 154 valence electrons. The molecule has 0 bridgehead atoms. The molecular formula is C26H26ClFN2. The number of hydrogen-bond donors (Lipinski definition) is 1. The van der Waals surface area contributed by atoms with Crippen LogP contribution in [0.1, 0.15) is 50.0 Å². The molecule has 0 amide bonds. The molecule has 1 spiro atoms. The van der Waals surface area contributed by atoms with Crippen LogP contribution in [0.25, 0.3) is 10.9 Å². The smallest absolute Gasteiger partial charge is 0.123 e. The van der Waals surface area contributed by atoms with Crippen LogP contribution in [0.3, 0.4) is 0 Å². The zero-order valence-corrected chi connectivity index (χ0v) is 17.8. The van der Waals surface area contributed by atoms with E-state index in [0.29, 0.717) is 17.3 Å². The number of nitrogens with zero attached hydrogens (tertiary/aromatic N) is 1. The summed E-state index contributed by atoms with van der Waals surface area (Å²) >= 11 is 6.00. The van der Waals surface area contributed by atoms with E-state index in [4.69, 9.17) is 11.6 Å². The van der Waals surface area contributed by atoms with Crippen molar-refractivity contribution in [3.05, 3.63) is 83.4 Å². The minimum absolute atomic E-state index is 0.187. The molecule has 0 aliphatic heterocycles. The Kier molecular flexibility index (Phi) is 5.02. The van der Waals surface area contributed by atoms with Crippen molar-refractivity contribution < 1.29 is 4.39 Å². The van der Waals surface area contributed by atoms with E-state index in [1.165, 1.54) is 37.3 Å². The molecule has 1 N–H and O–H groups in total. The Morgan fingerprint density at radius 2 is 1.77 bits per heavy atom. The third-order valence-corrected chi connectivity index (χ3v) is 7.65. The normalized spacial score (nSPS) is 25.8. The fraction of sp³-hybridized carbons (Fsp3) is 0.346. The summed E-state index contributed by atoms with van der Waals surface area (Å²) in [6.45, 7) is 4.38. The average molecular weight is 421 g/mol. The predicted molar refractivity (Wildman–Crippen MR) is 122 cm³/mol. The Morgan fingerprint density at radius 3 is 2.47 bits per heavy atom. The third-order valence-electron chi connectivity index (χ3n) is 7.40. The Morgan fingerprint density at radius 1 is 1.03 bits per heavy atom. The molecule has 30 heavy (non-hydrogen) atoms. The van der Waals surface area contributed by atoms with Gasteiger partial charge in [-0.25, -0.2) is 4.39 Å². The second-order valence-corrected chi connectivity index (χ2v) is 9.38. The Hall–Kier alpha value is -2.39. The minimum Gasteiger partial charge on any atom is -0.359 e. The second-order valence-electron chi connectivity index (χ2n) is 8.95. The lowest BCUT2D eigenvalue weighted by Crippen LogP contribution is -2.44. The van der Waals surface area contributed by atoms with Gasteiger partial charge in [-0.2, -0.15) is 0 Å². The SMILES string of the molecule is C=C(Nc1ccc(Cl)cc1)C1CCC12CCC(c1ccnc3ccc(F)cc13)CC2. The van der Waals surface area contributed by atoms with Crippen LogP contribution >= 0.6 is 11.6 Å². The van der Waals surface area contributed by atoms with Crippen molar-refractivity contribution in [2.75, 3.05) is 5.32 Å². The first-order valence-electron chi connectivity index (χ1n) is 10.8. The highest BCUT2D eigenvalue weighted by molar-refractivity contribution is 6.30. The fourth-order valence-corrected chi connectivity index (χ4v) is 5.77. The fourth-order valence-electron chi connectivity index (χ4n) is 5.64. The number of nitrogens with one attached hydrogen (secondary N) is 1. The summed E-state index contributed by atoms with van der Waals surface area (Å²) < 4.78 is 13.9. The van der Waals surface area contributed by atoms with Gasteiger partial charge in [-0.3, -0.25) is 4.98 Å². The van der Waals surface area contributed by atoms with Crippen molar-refractivity contribution in [1.82, 2.24) is 4.98 Å². The van der Waals surface area contributed by atoms with Gasteiger partial charge < -0.3 is 5.32 Å². The monoisotopic (exact) mass is 420 g/mol. The van der Waals surface area contributed by atoms with Crippen LogP contribution in [0.5, 0.6) is 0 Å². The van der Waals surface area contributed by atoms with E-state index < -0.39 is 0 Å². The topological polar surface area (TPSA) is 24.9 Å². The molecule has 0 radical (unpaired) electrons. The summed E-state index contributed by atoms with van der Waals surface area (Å²) in [6, 6.07) is 14.8. The first-order valence-corrected chi connectivity index (χ1v) is 11.2. The molecule has 3 aromatic rings. The molecule has 2 aliphatic rings. The lowest BCUT2D eigenvalue weighted by Gasteiger charge is -2.54. The van der Waals surface area contributed by atoms with Crippen LogP contribution in [0.2, 0.25) is 5.02 Å². The van der Waals surface area contributed by atoms with Crippen molar-refractivity contribution in [2.45, 2.75) is 44.4 Å². The Bertz CT molecular complexity index is 1080. The quantitative estimate of drug-likeness (QED) is 0.467. The number of fused-ring (bicyclic) bond motifs is 1. The van der Waals surface area contributed by atoms with E-state index in [1.54, 1.807) is 12.1 Å². The van der Waals surface area contributed by atoms with Crippen LogP contribution in [0.15, 0.2) is 67.0 Å². The number of aromatic nitrogens is 1. The number of rotatable bonds is 4. The van der Waals surface area contributed by atoms with Crippen molar-refractivity contribution in [2.24, 2.45) is 11.3 Å². The number of allylic oxidation sites excluding steroid dienone is 1. The van der Waals surface area contributed by atoms with Crippen LogP contribution < -0.4 is 5.32 Å². The van der Waals surface area contributed by atoms with Crippen LogP contribution in [0.4, 0.5) is 10.1 Å². The number of halogens is 2. The molecule has 0 saturated heterocycles. The highest BCUT2D eigenvalue weighted by atomic mass is 35.5. The minimum atomic E-state index is -0.187. The molecule has 1 heterocycles. The summed E-state index contributed by atoms with van der Waals surface area (Å²) in [4.78, 5) is 4.42. The lowest BCUT2D eigenvalue weighted by molar-refractivity contribution is 0.00949. The molecule has 4 heteroatoms. The van der Waals surface area contributed by atoms with Gasteiger partial charge in [0.25, 0.3) is 0 Å². The maximum Gasteiger partial charge on any atom is 0.123 e. The van der Waals surface area contributed by atoms with E-state index in [-0.39, 0.29) is 5.82 Å². The maximum absolute atomic E-state index is 13.9. The van der Waals surface area contributed by atoms with Gasteiger partial charge in [-0.05, 0) is 104 Å². The predicted octanol–water partition coefficient (Wildman–Crippen LogP) is 7.71. The summed E-state index contributed by atoms with van der Waals surface area (Å²) in [5.41, 5.74) is 4.67. The molecule has 1 atom stereocenters. The largest absolute Gasteiger partial charge is 0.359 e. The van der Waals surface area contributed by atoms with Crippen LogP contribution in [0, 0.1) is 17.2 Å². The number of benzene rings is 2. The van der Waals surface area contributed by atoms with Gasteiger partial charge in [0, 0.05) is 33.9 Å². The Labute approximate surface area is 182 Å². The zero-order valence-electron chi connectivity index (χ0n) is 17.0. The molecule has 1 aromatic heterocycles. The van der Waals surface area contributed by atoms with Crippen LogP contribution in [-0.2, 0) is 0 Å². The van der Waals surface area contributed by atoms with Gasteiger partial charge in [-0.15, -0.1) is 0 Å². The summed E-state index contributed by atoms with van der Waals surface area (Å²) in [7, 11) is 0.